The number of rotatable bonds is 3. The van der Waals surface area contributed by atoms with Crippen LogP contribution in [0.15, 0.2) is 46.3 Å². The van der Waals surface area contributed by atoms with E-state index in [1.807, 2.05) is 35.2 Å². The Balaban J connectivity index is 0.00000196. The van der Waals surface area contributed by atoms with E-state index in [-0.39, 0.29) is 24.4 Å². The first-order valence-corrected chi connectivity index (χ1v) is 9.62. The van der Waals surface area contributed by atoms with Crippen LogP contribution in [0.1, 0.15) is 23.3 Å². The average molecular weight is 411 g/mol. The molecule has 3 unspecified atom stereocenters. The van der Waals surface area contributed by atoms with E-state index >= 15 is 0 Å². The number of nitrogens with zero attached hydrogens (tertiary/aromatic N) is 3. The van der Waals surface area contributed by atoms with Crippen molar-refractivity contribution in [2.24, 2.45) is 17.6 Å². The van der Waals surface area contributed by atoms with Crippen LogP contribution in [0.5, 0.6) is 0 Å². The largest absolute Gasteiger partial charge is 0.337 e. The Kier molecular flexibility index (Phi) is 6.07. The lowest BCUT2D eigenvalue weighted by Crippen LogP contribution is -2.34. The first kappa shape index (κ1) is 19.4. The summed E-state index contributed by atoms with van der Waals surface area (Å²) < 4.78 is 0. The van der Waals surface area contributed by atoms with Crippen LogP contribution in [-0.2, 0) is 0 Å². The Morgan fingerprint density at radius 2 is 1.96 bits per heavy atom. The van der Waals surface area contributed by atoms with Crippen LogP contribution in [0.2, 0.25) is 5.02 Å². The Labute approximate surface area is 168 Å². The summed E-state index contributed by atoms with van der Waals surface area (Å²) in [5.74, 6) is 0.928. The number of halogens is 2. The zero-order valence-electron chi connectivity index (χ0n) is 14.0. The molecule has 1 aromatic carbocycles. The van der Waals surface area contributed by atoms with Gasteiger partial charge >= 0.3 is 0 Å². The summed E-state index contributed by atoms with van der Waals surface area (Å²) in [5, 5.41) is 9.69. The molecule has 8 heteroatoms. The molecule has 1 amide bonds. The van der Waals surface area contributed by atoms with Crippen molar-refractivity contribution < 1.29 is 4.79 Å². The van der Waals surface area contributed by atoms with Crippen molar-refractivity contribution in [3.63, 3.8) is 0 Å². The van der Waals surface area contributed by atoms with Gasteiger partial charge in [0.25, 0.3) is 5.91 Å². The number of hydrogen-bond acceptors (Lipinski definition) is 5. The van der Waals surface area contributed by atoms with Gasteiger partial charge in [-0.05, 0) is 48.9 Å². The normalized spacial score (nSPS) is 24.2. The highest BCUT2D eigenvalue weighted by atomic mass is 35.5. The topological polar surface area (TPSA) is 72.1 Å². The second kappa shape index (κ2) is 8.13. The predicted octanol–water partition coefficient (Wildman–Crippen LogP) is 3.51. The molecule has 4 rings (SSSR count). The maximum absolute atomic E-state index is 12.7. The van der Waals surface area contributed by atoms with Gasteiger partial charge in [0.1, 0.15) is 5.03 Å². The van der Waals surface area contributed by atoms with E-state index in [2.05, 4.69) is 10.2 Å². The fourth-order valence-electron chi connectivity index (χ4n) is 3.76. The van der Waals surface area contributed by atoms with Gasteiger partial charge in [-0.2, -0.15) is 0 Å². The molecule has 2 N–H and O–H groups in total. The summed E-state index contributed by atoms with van der Waals surface area (Å²) in [4.78, 5) is 15.5. The van der Waals surface area contributed by atoms with Crippen molar-refractivity contribution >= 4 is 41.7 Å². The van der Waals surface area contributed by atoms with Gasteiger partial charge < -0.3 is 10.6 Å². The minimum atomic E-state index is -0.0524. The molecule has 1 aromatic heterocycles. The number of hydrogen-bond donors (Lipinski definition) is 1. The molecule has 1 aliphatic heterocycles. The van der Waals surface area contributed by atoms with E-state index < -0.39 is 0 Å². The van der Waals surface area contributed by atoms with Gasteiger partial charge in [0.05, 0.1) is 5.02 Å². The molecule has 2 aromatic rings. The van der Waals surface area contributed by atoms with Crippen LogP contribution in [0.4, 0.5) is 0 Å². The average Bonchev–Trinajstić information content (AvgIpc) is 3.19. The lowest BCUT2D eigenvalue weighted by molar-refractivity contribution is 0.0772. The molecule has 2 aliphatic rings. The van der Waals surface area contributed by atoms with Crippen LogP contribution in [0, 0.1) is 11.8 Å². The van der Waals surface area contributed by atoms with E-state index in [4.69, 9.17) is 17.3 Å². The molecule has 1 saturated heterocycles. The number of aromatic nitrogens is 2. The van der Waals surface area contributed by atoms with Crippen molar-refractivity contribution in [1.82, 2.24) is 15.1 Å². The monoisotopic (exact) mass is 410 g/mol. The zero-order valence-corrected chi connectivity index (χ0v) is 16.4. The molecule has 138 valence electrons. The number of benzene rings is 1. The Hall–Kier alpha value is -1.34. The van der Waals surface area contributed by atoms with Crippen molar-refractivity contribution in [2.75, 3.05) is 13.1 Å². The third-order valence-electron chi connectivity index (χ3n) is 5.11. The highest BCUT2D eigenvalue weighted by molar-refractivity contribution is 7.99. The summed E-state index contributed by atoms with van der Waals surface area (Å²) in [5.41, 5.74) is 6.53. The van der Waals surface area contributed by atoms with Crippen molar-refractivity contribution in [3.8, 4) is 0 Å². The van der Waals surface area contributed by atoms with E-state index in [0.717, 1.165) is 30.8 Å². The highest BCUT2D eigenvalue weighted by Crippen LogP contribution is 2.37. The molecule has 2 fully saturated rings. The Bertz CT molecular complexity index is 789. The maximum atomic E-state index is 12.7. The lowest BCUT2D eigenvalue weighted by atomic mass is 9.98. The molecule has 1 aliphatic carbocycles. The van der Waals surface area contributed by atoms with E-state index in [9.17, 15) is 4.79 Å². The first-order chi connectivity index (χ1) is 12.1. The van der Waals surface area contributed by atoms with E-state index in [1.165, 1.54) is 11.8 Å². The van der Waals surface area contributed by atoms with Gasteiger partial charge in [0.2, 0.25) is 0 Å². The molecular weight excluding hydrogens is 391 g/mol. The summed E-state index contributed by atoms with van der Waals surface area (Å²) in [6.07, 6.45) is 2.19. The van der Waals surface area contributed by atoms with Crippen molar-refractivity contribution in [2.45, 2.75) is 28.8 Å². The number of amides is 1. The molecule has 0 spiro atoms. The van der Waals surface area contributed by atoms with Gasteiger partial charge in [-0.3, -0.25) is 4.79 Å². The van der Waals surface area contributed by atoms with Crippen LogP contribution in [-0.4, -0.2) is 40.1 Å². The Morgan fingerprint density at radius 3 is 2.65 bits per heavy atom. The minimum Gasteiger partial charge on any atom is -0.337 e. The molecule has 0 radical (unpaired) electrons. The van der Waals surface area contributed by atoms with Crippen LogP contribution >= 0.6 is 35.8 Å². The highest BCUT2D eigenvalue weighted by Gasteiger charge is 2.42. The molecule has 2 heterocycles. The van der Waals surface area contributed by atoms with Gasteiger partial charge in [0, 0.05) is 24.0 Å². The standard InChI is InChI=1S/C18H19ClN4OS.ClH/c19-13-3-1-2-4-16(13)25-17-8-7-15(21-22-17)18(24)23-9-11-5-6-14(20)12(11)10-23;/h1-4,7-8,11-12,14H,5-6,9-10,20H2;1H. The van der Waals surface area contributed by atoms with Crippen LogP contribution in [0.3, 0.4) is 0 Å². The van der Waals surface area contributed by atoms with Gasteiger partial charge in [-0.15, -0.1) is 22.6 Å². The van der Waals surface area contributed by atoms with Gasteiger partial charge in [-0.25, -0.2) is 0 Å². The molecule has 1 saturated carbocycles. The van der Waals surface area contributed by atoms with E-state index in [0.29, 0.717) is 27.6 Å². The molecule has 3 atom stereocenters. The molecular formula is C18H20Cl2N4OS. The minimum absolute atomic E-state index is 0. The van der Waals surface area contributed by atoms with E-state index in [1.54, 1.807) is 6.07 Å². The maximum Gasteiger partial charge on any atom is 0.274 e. The number of carbonyl (C=O) groups is 1. The quantitative estimate of drug-likeness (QED) is 0.837. The smallest absolute Gasteiger partial charge is 0.274 e. The summed E-state index contributed by atoms with van der Waals surface area (Å²) >= 11 is 7.59. The number of likely N-dealkylation sites (tertiary alicyclic amines) is 1. The number of carbonyl (C=O) groups excluding carboxylic acids is 1. The van der Waals surface area contributed by atoms with Gasteiger partial charge in [0.15, 0.2) is 5.69 Å². The molecule has 5 nitrogen and oxygen atoms in total. The van der Waals surface area contributed by atoms with Crippen molar-refractivity contribution in [3.05, 3.63) is 47.1 Å². The SMILES string of the molecule is Cl.NC1CCC2CN(C(=O)c3ccc(Sc4ccccc4Cl)nn3)CC12. The fourth-order valence-corrected chi connectivity index (χ4v) is 4.77. The van der Waals surface area contributed by atoms with Crippen LogP contribution < -0.4 is 5.73 Å². The van der Waals surface area contributed by atoms with Crippen molar-refractivity contribution in [1.29, 1.82) is 0 Å². The van der Waals surface area contributed by atoms with Gasteiger partial charge in [-0.1, -0.05) is 35.5 Å². The fraction of sp³-hybridized carbons (Fsp3) is 0.389. The second-order valence-corrected chi connectivity index (χ2v) is 8.13. The first-order valence-electron chi connectivity index (χ1n) is 8.43. The second-order valence-electron chi connectivity index (χ2n) is 6.66. The zero-order chi connectivity index (χ0) is 17.4. The van der Waals surface area contributed by atoms with Crippen LogP contribution in [0.25, 0.3) is 0 Å². The lowest BCUT2D eigenvalue weighted by Gasteiger charge is -2.18. The third kappa shape index (κ3) is 3.83. The summed E-state index contributed by atoms with van der Waals surface area (Å²) in [6.45, 7) is 1.53. The third-order valence-corrected chi connectivity index (χ3v) is 6.55. The Morgan fingerprint density at radius 1 is 1.15 bits per heavy atom. The summed E-state index contributed by atoms with van der Waals surface area (Å²) in [7, 11) is 0. The molecule has 0 bridgehead atoms. The number of nitrogens with two attached hydrogens (primary N) is 1. The summed E-state index contributed by atoms with van der Waals surface area (Å²) in [6, 6.07) is 11.4. The molecule has 26 heavy (non-hydrogen) atoms. The predicted molar refractivity (Wildman–Crippen MR) is 105 cm³/mol. The number of fused-ring (bicyclic) bond motifs is 1.